The van der Waals surface area contributed by atoms with Crippen LogP contribution in [0, 0.1) is 0 Å². The number of β-lactam (4-membered cyclic amide) rings is 1. The van der Waals surface area contributed by atoms with Gasteiger partial charge in [-0.15, -0.1) is 11.8 Å². The lowest BCUT2D eigenvalue weighted by Crippen LogP contribution is -2.53. The van der Waals surface area contributed by atoms with Crippen molar-refractivity contribution < 1.29 is 14.3 Å². The van der Waals surface area contributed by atoms with E-state index in [1.165, 1.54) is 4.90 Å². The van der Waals surface area contributed by atoms with Crippen LogP contribution in [-0.4, -0.2) is 28.1 Å². The van der Waals surface area contributed by atoms with E-state index in [1.807, 2.05) is 60.7 Å². The fraction of sp³-hybridized carbons (Fsp3) is 0.200. The van der Waals surface area contributed by atoms with Crippen LogP contribution in [0.3, 0.4) is 0 Å². The lowest BCUT2D eigenvalue weighted by molar-refractivity contribution is -0.150. The van der Waals surface area contributed by atoms with Gasteiger partial charge in [-0.2, -0.15) is 0 Å². The lowest BCUT2D eigenvalue weighted by atomic mass is 10.0. The molecule has 2 aliphatic rings. The van der Waals surface area contributed by atoms with Crippen molar-refractivity contribution in [1.29, 1.82) is 0 Å². The number of amides is 1. The maximum absolute atomic E-state index is 12.6. The molecule has 2 unspecified atom stereocenters. The first-order valence-electron chi connectivity index (χ1n) is 8.39. The standard InChI is InChI=1S/C20H18N2O3S/c21-17-18(20(24)25-12-13-7-3-1-4-8-13)22-15(11-16(22)23)19(17)26-14-9-5-2-6-10-14/h1-10,15,19H,11-12,21H2. The van der Waals surface area contributed by atoms with Crippen molar-refractivity contribution >= 4 is 23.6 Å². The molecule has 2 aromatic rings. The largest absolute Gasteiger partial charge is 0.456 e. The van der Waals surface area contributed by atoms with Gasteiger partial charge in [0.2, 0.25) is 5.91 Å². The second kappa shape index (κ2) is 6.88. The van der Waals surface area contributed by atoms with E-state index in [1.54, 1.807) is 11.8 Å². The molecule has 1 amide bonds. The molecule has 6 heteroatoms. The molecule has 1 fully saturated rings. The van der Waals surface area contributed by atoms with Gasteiger partial charge in [-0.1, -0.05) is 48.5 Å². The normalized spacial score (nSPS) is 21.4. The molecule has 2 N–H and O–H groups in total. The summed E-state index contributed by atoms with van der Waals surface area (Å²) in [5.41, 5.74) is 7.80. The van der Waals surface area contributed by atoms with E-state index in [0.717, 1.165) is 10.5 Å². The number of nitrogens with zero attached hydrogens (tertiary/aromatic N) is 1. The third-order valence-corrected chi connectivity index (χ3v) is 5.93. The summed E-state index contributed by atoms with van der Waals surface area (Å²) in [6.07, 6.45) is 0.403. The molecule has 0 aromatic heterocycles. The molecule has 132 valence electrons. The van der Waals surface area contributed by atoms with E-state index in [-0.39, 0.29) is 29.5 Å². The van der Waals surface area contributed by atoms with Crippen molar-refractivity contribution in [2.75, 3.05) is 0 Å². The minimum atomic E-state index is -0.541. The molecular weight excluding hydrogens is 348 g/mol. The van der Waals surface area contributed by atoms with Crippen LogP contribution in [0.2, 0.25) is 0 Å². The first kappa shape index (κ1) is 16.7. The first-order chi connectivity index (χ1) is 12.6. The van der Waals surface area contributed by atoms with Crippen LogP contribution in [-0.2, 0) is 20.9 Å². The number of benzene rings is 2. The second-order valence-electron chi connectivity index (χ2n) is 6.25. The summed E-state index contributed by atoms with van der Waals surface area (Å²) in [7, 11) is 0. The van der Waals surface area contributed by atoms with Gasteiger partial charge in [0.05, 0.1) is 17.0 Å². The van der Waals surface area contributed by atoms with E-state index < -0.39 is 5.97 Å². The van der Waals surface area contributed by atoms with Crippen molar-refractivity contribution in [2.45, 2.75) is 29.2 Å². The van der Waals surface area contributed by atoms with Crippen LogP contribution in [0.15, 0.2) is 77.0 Å². The summed E-state index contributed by atoms with van der Waals surface area (Å²) >= 11 is 1.58. The van der Waals surface area contributed by atoms with Crippen LogP contribution >= 0.6 is 11.8 Å². The average Bonchev–Trinajstić information content (AvgIpc) is 2.89. The average molecular weight is 366 g/mol. The van der Waals surface area contributed by atoms with Crippen LogP contribution in [0.5, 0.6) is 0 Å². The fourth-order valence-electron chi connectivity index (χ4n) is 3.25. The van der Waals surface area contributed by atoms with Crippen LogP contribution in [0.4, 0.5) is 0 Å². The predicted octanol–water partition coefficient (Wildman–Crippen LogP) is 2.68. The van der Waals surface area contributed by atoms with Gasteiger partial charge in [-0.05, 0) is 17.7 Å². The van der Waals surface area contributed by atoms with Crippen molar-refractivity contribution in [2.24, 2.45) is 5.73 Å². The molecule has 0 aliphatic carbocycles. The first-order valence-corrected chi connectivity index (χ1v) is 9.27. The van der Waals surface area contributed by atoms with Crippen LogP contribution in [0.25, 0.3) is 0 Å². The summed E-state index contributed by atoms with van der Waals surface area (Å²) in [6, 6.07) is 19.2. The molecule has 2 heterocycles. The Morgan fingerprint density at radius 3 is 2.42 bits per heavy atom. The summed E-state index contributed by atoms with van der Waals surface area (Å²) in [5, 5.41) is -0.130. The molecular formula is C20H18N2O3S. The third-order valence-electron chi connectivity index (χ3n) is 4.57. The summed E-state index contributed by atoms with van der Waals surface area (Å²) in [5.74, 6) is -0.624. The Morgan fingerprint density at radius 1 is 1.12 bits per heavy atom. The number of ether oxygens (including phenoxy) is 1. The number of thioether (sulfide) groups is 1. The Morgan fingerprint density at radius 2 is 1.77 bits per heavy atom. The fourth-order valence-corrected chi connectivity index (χ4v) is 4.47. The molecule has 2 aromatic carbocycles. The van der Waals surface area contributed by atoms with Gasteiger partial charge < -0.3 is 10.5 Å². The number of carbonyl (C=O) groups excluding carboxylic acids is 2. The van der Waals surface area contributed by atoms with Gasteiger partial charge in [0.1, 0.15) is 6.61 Å². The Labute approximate surface area is 155 Å². The number of fused-ring (bicyclic) bond motifs is 1. The molecule has 1 saturated heterocycles. The third kappa shape index (κ3) is 2.97. The number of nitrogens with two attached hydrogens (primary N) is 1. The zero-order valence-electron chi connectivity index (χ0n) is 14.0. The molecule has 0 spiro atoms. The predicted molar refractivity (Wildman–Crippen MR) is 98.8 cm³/mol. The van der Waals surface area contributed by atoms with Gasteiger partial charge in [0, 0.05) is 11.3 Å². The van der Waals surface area contributed by atoms with Crippen molar-refractivity contribution in [1.82, 2.24) is 4.90 Å². The number of hydrogen-bond acceptors (Lipinski definition) is 5. The van der Waals surface area contributed by atoms with Crippen molar-refractivity contribution in [3.8, 4) is 0 Å². The smallest absolute Gasteiger partial charge is 0.357 e. The minimum absolute atomic E-state index is 0.0769. The van der Waals surface area contributed by atoms with Crippen molar-refractivity contribution in [3.05, 3.63) is 77.6 Å². The van der Waals surface area contributed by atoms with Crippen molar-refractivity contribution in [3.63, 3.8) is 0 Å². The van der Waals surface area contributed by atoms with E-state index in [0.29, 0.717) is 12.1 Å². The van der Waals surface area contributed by atoms with Crippen LogP contribution in [0.1, 0.15) is 12.0 Å². The van der Waals surface area contributed by atoms with E-state index in [9.17, 15) is 9.59 Å². The summed E-state index contributed by atoms with van der Waals surface area (Å²) in [4.78, 5) is 27.2. The minimum Gasteiger partial charge on any atom is -0.456 e. The summed E-state index contributed by atoms with van der Waals surface area (Å²) in [6.45, 7) is 0.152. The van der Waals surface area contributed by atoms with E-state index in [2.05, 4.69) is 0 Å². The molecule has 5 nitrogen and oxygen atoms in total. The lowest BCUT2D eigenvalue weighted by Gasteiger charge is -2.38. The number of esters is 1. The number of rotatable bonds is 5. The number of hydrogen-bond donors (Lipinski definition) is 1. The molecule has 4 rings (SSSR count). The van der Waals surface area contributed by atoms with E-state index in [4.69, 9.17) is 10.5 Å². The highest BCUT2D eigenvalue weighted by Crippen LogP contribution is 2.44. The maximum atomic E-state index is 12.6. The SMILES string of the molecule is NC1=C(C(=O)OCc2ccccc2)N2C(=O)CC2C1Sc1ccccc1. The Bertz CT molecular complexity index is 867. The molecule has 0 radical (unpaired) electrons. The molecule has 0 bridgehead atoms. The molecule has 0 saturated carbocycles. The molecule has 2 aliphatic heterocycles. The Hall–Kier alpha value is -2.73. The number of carbonyl (C=O) groups is 2. The molecule has 2 atom stereocenters. The quantitative estimate of drug-likeness (QED) is 0.651. The van der Waals surface area contributed by atoms with Gasteiger partial charge in [0.25, 0.3) is 0 Å². The highest BCUT2D eigenvalue weighted by atomic mass is 32.2. The Kier molecular flexibility index (Phi) is 4.42. The van der Waals surface area contributed by atoms with Gasteiger partial charge in [-0.25, -0.2) is 4.79 Å². The monoisotopic (exact) mass is 366 g/mol. The second-order valence-corrected chi connectivity index (χ2v) is 7.47. The Balaban J connectivity index is 1.53. The topological polar surface area (TPSA) is 72.6 Å². The molecule has 26 heavy (non-hydrogen) atoms. The summed E-state index contributed by atoms with van der Waals surface area (Å²) < 4.78 is 5.40. The van der Waals surface area contributed by atoms with Gasteiger partial charge >= 0.3 is 5.97 Å². The zero-order valence-corrected chi connectivity index (χ0v) is 14.8. The van der Waals surface area contributed by atoms with Crippen LogP contribution < -0.4 is 5.73 Å². The maximum Gasteiger partial charge on any atom is 0.357 e. The van der Waals surface area contributed by atoms with Gasteiger partial charge in [0.15, 0.2) is 5.70 Å². The zero-order chi connectivity index (χ0) is 18.1. The highest BCUT2D eigenvalue weighted by molar-refractivity contribution is 8.00. The van der Waals surface area contributed by atoms with Gasteiger partial charge in [-0.3, -0.25) is 9.69 Å². The highest BCUT2D eigenvalue weighted by Gasteiger charge is 2.53. The van der Waals surface area contributed by atoms with E-state index >= 15 is 0 Å².